The topological polar surface area (TPSA) is 77.3 Å². The van der Waals surface area contributed by atoms with Gasteiger partial charge >= 0.3 is 0 Å². The molecule has 100 valence electrons. The summed E-state index contributed by atoms with van der Waals surface area (Å²) in [6.45, 7) is 1.43. The lowest BCUT2D eigenvalue weighted by atomic mass is 10.1. The largest absolute Gasteiger partial charge is 0.385 e. The van der Waals surface area contributed by atoms with E-state index in [-0.39, 0.29) is 5.69 Å². The third kappa shape index (κ3) is 2.97. The highest BCUT2D eigenvalue weighted by Gasteiger charge is 2.13. The lowest BCUT2D eigenvalue weighted by Gasteiger charge is -2.09. The minimum atomic E-state index is -0.390. The smallest absolute Gasteiger partial charge is 0.278 e. The number of ether oxygens (including phenoxy) is 1. The summed E-state index contributed by atoms with van der Waals surface area (Å²) in [6, 6.07) is 5.01. The van der Waals surface area contributed by atoms with Gasteiger partial charge in [-0.3, -0.25) is 15.1 Å². The molecule has 0 atom stereocenters. The first-order valence-electron chi connectivity index (χ1n) is 5.98. The van der Waals surface area contributed by atoms with Gasteiger partial charge in [0.05, 0.1) is 10.3 Å². The van der Waals surface area contributed by atoms with Crippen LogP contribution in [0.2, 0.25) is 0 Å². The number of methoxy groups -OCH3 is 1. The van der Waals surface area contributed by atoms with Crippen molar-refractivity contribution in [2.24, 2.45) is 0 Å². The molecule has 1 aromatic heterocycles. The van der Waals surface area contributed by atoms with E-state index in [1.54, 1.807) is 25.4 Å². The molecule has 0 fully saturated rings. The molecular weight excluding hydrogens is 246 g/mol. The first kappa shape index (κ1) is 13.2. The molecule has 19 heavy (non-hydrogen) atoms. The summed E-state index contributed by atoms with van der Waals surface area (Å²) in [7, 11) is 1.66. The molecule has 2 rings (SSSR count). The number of rotatable bonds is 6. The zero-order valence-electron chi connectivity index (χ0n) is 10.6. The zero-order valence-corrected chi connectivity index (χ0v) is 10.6. The molecule has 0 amide bonds. The predicted molar refractivity (Wildman–Crippen MR) is 73.4 cm³/mol. The molecule has 0 spiro atoms. The lowest BCUT2D eigenvalue weighted by Crippen LogP contribution is -2.05. The molecule has 2 aromatic rings. The molecule has 1 aromatic carbocycles. The average molecular weight is 261 g/mol. The van der Waals surface area contributed by atoms with E-state index in [1.165, 1.54) is 12.3 Å². The second kappa shape index (κ2) is 6.10. The summed E-state index contributed by atoms with van der Waals surface area (Å²) in [5.41, 5.74) is 0.949. The van der Waals surface area contributed by atoms with Gasteiger partial charge in [-0.1, -0.05) is 0 Å². The predicted octanol–water partition coefficient (Wildman–Crippen LogP) is 2.59. The van der Waals surface area contributed by atoms with Crippen molar-refractivity contribution < 1.29 is 9.66 Å². The van der Waals surface area contributed by atoms with Crippen molar-refractivity contribution in [3.05, 3.63) is 40.7 Å². The van der Waals surface area contributed by atoms with Crippen LogP contribution >= 0.6 is 0 Å². The number of hydrogen-bond donors (Lipinski definition) is 1. The third-order valence-electron chi connectivity index (χ3n) is 2.83. The highest BCUT2D eigenvalue weighted by atomic mass is 16.6. The van der Waals surface area contributed by atoms with Gasteiger partial charge in [-0.05, 0) is 18.6 Å². The number of nitrogens with zero attached hydrogens (tertiary/aromatic N) is 2. The van der Waals surface area contributed by atoms with Crippen molar-refractivity contribution in [3.8, 4) is 0 Å². The fourth-order valence-electron chi connectivity index (χ4n) is 1.93. The fourth-order valence-corrected chi connectivity index (χ4v) is 1.93. The Bertz CT molecular complexity index is 586. The molecule has 1 heterocycles. The van der Waals surface area contributed by atoms with Gasteiger partial charge in [-0.2, -0.15) is 0 Å². The Morgan fingerprint density at radius 1 is 1.37 bits per heavy atom. The number of benzene rings is 1. The number of nitro benzene ring substituents is 1. The number of hydrogen-bond acceptors (Lipinski definition) is 5. The number of anilines is 1. The Balaban J connectivity index is 2.30. The fraction of sp³-hybridized carbons (Fsp3) is 0.308. The molecule has 0 unspecified atom stereocenters. The van der Waals surface area contributed by atoms with E-state index in [0.717, 1.165) is 24.0 Å². The molecule has 6 heteroatoms. The molecule has 0 radical (unpaired) electrons. The highest BCUT2D eigenvalue weighted by molar-refractivity contribution is 5.99. The number of nitro groups is 1. The second-order valence-electron chi connectivity index (χ2n) is 4.08. The SMILES string of the molecule is COCCCNc1ccc([N+](=O)[O-])c2cnccc12. The van der Waals surface area contributed by atoms with Gasteiger partial charge < -0.3 is 10.1 Å². The first-order chi connectivity index (χ1) is 9.24. The van der Waals surface area contributed by atoms with Gasteiger partial charge in [0.1, 0.15) is 0 Å². The van der Waals surface area contributed by atoms with Crippen LogP contribution in [0.3, 0.4) is 0 Å². The minimum absolute atomic E-state index is 0.0746. The standard InChI is InChI=1S/C13H15N3O3/c1-19-8-2-6-15-12-3-4-13(16(17)18)11-9-14-7-5-10(11)12/h3-5,7,9,15H,2,6,8H2,1H3. The van der Waals surface area contributed by atoms with Gasteiger partial charge in [0.15, 0.2) is 0 Å². The Hall–Kier alpha value is -2.21. The van der Waals surface area contributed by atoms with Crippen molar-refractivity contribution in [2.45, 2.75) is 6.42 Å². The summed E-state index contributed by atoms with van der Waals surface area (Å²) in [5.74, 6) is 0. The number of nitrogens with one attached hydrogen (secondary N) is 1. The normalized spacial score (nSPS) is 10.6. The van der Waals surface area contributed by atoms with Gasteiger partial charge in [0.25, 0.3) is 5.69 Å². The van der Waals surface area contributed by atoms with Crippen LogP contribution in [0.25, 0.3) is 10.8 Å². The molecular formula is C13H15N3O3. The van der Waals surface area contributed by atoms with Crippen molar-refractivity contribution in [2.75, 3.05) is 25.6 Å². The van der Waals surface area contributed by atoms with Crippen LogP contribution in [0.4, 0.5) is 11.4 Å². The molecule has 0 aliphatic rings. The third-order valence-corrected chi connectivity index (χ3v) is 2.83. The zero-order chi connectivity index (χ0) is 13.7. The molecule has 0 bridgehead atoms. The number of pyridine rings is 1. The van der Waals surface area contributed by atoms with Crippen LogP contribution in [-0.2, 0) is 4.74 Å². The summed E-state index contributed by atoms with van der Waals surface area (Å²) in [6.07, 6.45) is 4.03. The average Bonchev–Trinajstić information content (AvgIpc) is 2.43. The van der Waals surface area contributed by atoms with Gasteiger partial charge in [-0.15, -0.1) is 0 Å². The van der Waals surface area contributed by atoms with Crippen molar-refractivity contribution in [1.82, 2.24) is 4.98 Å². The van der Waals surface area contributed by atoms with Crippen LogP contribution in [0.15, 0.2) is 30.6 Å². The molecule has 0 saturated carbocycles. The van der Waals surface area contributed by atoms with E-state index in [4.69, 9.17) is 4.74 Å². The van der Waals surface area contributed by atoms with Crippen LogP contribution in [-0.4, -0.2) is 30.2 Å². The molecule has 0 saturated heterocycles. The maximum absolute atomic E-state index is 11.0. The van der Waals surface area contributed by atoms with Gasteiger partial charge in [0, 0.05) is 49.8 Å². The number of fused-ring (bicyclic) bond motifs is 1. The maximum atomic E-state index is 11.0. The van der Waals surface area contributed by atoms with Crippen LogP contribution in [0.5, 0.6) is 0 Å². The summed E-state index contributed by atoms with van der Waals surface area (Å²) in [4.78, 5) is 14.5. The second-order valence-corrected chi connectivity index (χ2v) is 4.08. The quantitative estimate of drug-likeness (QED) is 0.491. The van der Waals surface area contributed by atoms with E-state index >= 15 is 0 Å². The van der Waals surface area contributed by atoms with Crippen LogP contribution < -0.4 is 5.32 Å². The Labute approximate surface area is 110 Å². The molecule has 6 nitrogen and oxygen atoms in total. The van der Waals surface area contributed by atoms with E-state index in [1.807, 2.05) is 0 Å². The maximum Gasteiger partial charge on any atom is 0.278 e. The lowest BCUT2D eigenvalue weighted by molar-refractivity contribution is -0.383. The number of aromatic nitrogens is 1. The highest BCUT2D eigenvalue weighted by Crippen LogP contribution is 2.30. The van der Waals surface area contributed by atoms with Crippen molar-refractivity contribution >= 4 is 22.1 Å². The number of non-ortho nitro benzene ring substituents is 1. The summed E-state index contributed by atoms with van der Waals surface area (Å²) < 4.78 is 4.98. The van der Waals surface area contributed by atoms with E-state index < -0.39 is 4.92 Å². The van der Waals surface area contributed by atoms with E-state index in [2.05, 4.69) is 10.3 Å². The Morgan fingerprint density at radius 3 is 2.95 bits per heavy atom. The molecule has 1 N–H and O–H groups in total. The van der Waals surface area contributed by atoms with Gasteiger partial charge in [-0.25, -0.2) is 0 Å². The Kier molecular flexibility index (Phi) is 4.25. The monoisotopic (exact) mass is 261 g/mol. The van der Waals surface area contributed by atoms with Crippen LogP contribution in [0, 0.1) is 10.1 Å². The van der Waals surface area contributed by atoms with Crippen LogP contribution in [0.1, 0.15) is 6.42 Å². The summed E-state index contributed by atoms with van der Waals surface area (Å²) in [5, 5.41) is 15.6. The first-order valence-corrected chi connectivity index (χ1v) is 5.98. The Morgan fingerprint density at radius 2 is 2.21 bits per heavy atom. The van der Waals surface area contributed by atoms with Crippen molar-refractivity contribution in [1.29, 1.82) is 0 Å². The van der Waals surface area contributed by atoms with E-state index in [9.17, 15) is 10.1 Å². The van der Waals surface area contributed by atoms with E-state index in [0.29, 0.717) is 12.0 Å². The van der Waals surface area contributed by atoms with Gasteiger partial charge in [0.2, 0.25) is 0 Å². The van der Waals surface area contributed by atoms with Crippen molar-refractivity contribution in [3.63, 3.8) is 0 Å². The summed E-state index contributed by atoms with van der Waals surface area (Å²) >= 11 is 0. The molecule has 0 aliphatic carbocycles. The molecule has 0 aliphatic heterocycles. The minimum Gasteiger partial charge on any atom is -0.385 e.